The van der Waals surface area contributed by atoms with Gasteiger partial charge in [-0.25, -0.2) is 4.68 Å². The summed E-state index contributed by atoms with van der Waals surface area (Å²) in [4.78, 5) is 4.13. The Morgan fingerprint density at radius 1 is 1.43 bits per heavy atom. The lowest BCUT2D eigenvalue weighted by Gasteiger charge is -1.98. The van der Waals surface area contributed by atoms with Gasteiger partial charge in [0.15, 0.2) is 0 Å². The van der Waals surface area contributed by atoms with Crippen LogP contribution in [0.4, 0.5) is 0 Å². The Morgan fingerprint density at radius 3 is 3.07 bits per heavy atom. The summed E-state index contributed by atoms with van der Waals surface area (Å²) < 4.78 is 1.53. The van der Waals surface area contributed by atoms with Gasteiger partial charge in [-0.15, -0.1) is 11.5 Å². The minimum absolute atomic E-state index is 0.346. The van der Waals surface area contributed by atoms with Crippen LogP contribution >= 0.6 is 0 Å². The summed E-state index contributed by atoms with van der Waals surface area (Å²) in [5, 5.41) is 11.1. The summed E-state index contributed by atoms with van der Waals surface area (Å²) in [6.45, 7) is 0.346. The second kappa shape index (κ2) is 3.66. The van der Waals surface area contributed by atoms with Crippen molar-refractivity contribution in [2.45, 2.75) is 6.54 Å². The monoisotopic (exact) mass is 185 g/mol. The van der Waals surface area contributed by atoms with E-state index >= 15 is 0 Å². The van der Waals surface area contributed by atoms with Crippen LogP contribution < -0.4 is 0 Å². The van der Waals surface area contributed by atoms with Gasteiger partial charge in [0.05, 0.1) is 0 Å². The van der Waals surface area contributed by atoms with Crippen molar-refractivity contribution in [1.29, 1.82) is 0 Å². The normalized spacial score (nSPS) is 9.64. The predicted octanol–water partition coefficient (Wildman–Crippen LogP) is 0.368. The summed E-state index contributed by atoms with van der Waals surface area (Å²) in [6, 6.07) is 5.54. The summed E-state index contributed by atoms with van der Waals surface area (Å²) in [6.07, 6.45) is 6.86. The zero-order valence-electron chi connectivity index (χ0n) is 7.33. The minimum Gasteiger partial charge on any atom is -0.253 e. The highest BCUT2D eigenvalue weighted by atomic mass is 15.5. The smallest absolute Gasteiger partial charge is 0.201 e. The van der Waals surface area contributed by atoms with Crippen LogP contribution in [0.15, 0.2) is 24.4 Å². The van der Waals surface area contributed by atoms with Gasteiger partial charge in [-0.3, -0.25) is 4.98 Å². The van der Waals surface area contributed by atoms with E-state index in [1.54, 1.807) is 6.20 Å². The Bertz CT molecular complexity index is 454. The van der Waals surface area contributed by atoms with E-state index in [9.17, 15) is 0 Å². The minimum atomic E-state index is 0.346. The van der Waals surface area contributed by atoms with E-state index in [0.717, 1.165) is 0 Å². The average molecular weight is 185 g/mol. The molecule has 0 aliphatic carbocycles. The van der Waals surface area contributed by atoms with Crippen LogP contribution in [0.5, 0.6) is 0 Å². The van der Waals surface area contributed by atoms with Crippen LogP contribution in [-0.4, -0.2) is 25.2 Å². The lowest BCUT2D eigenvalue weighted by Crippen LogP contribution is -2.01. The maximum Gasteiger partial charge on any atom is 0.201 e. The zero-order valence-corrected chi connectivity index (χ0v) is 7.33. The molecule has 0 saturated heterocycles. The van der Waals surface area contributed by atoms with Crippen LogP contribution in [0.2, 0.25) is 0 Å². The molecule has 2 rings (SSSR count). The molecule has 0 bridgehead atoms. The van der Waals surface area contributed by atoms with Gasteiger partial charge < -0.3 is 0 Å². The van der Waals surface area contributed by atoms with Gasteiger partial charge in [-0.1, -0.05) is 12.0 Å². The number of hydrogen-bond acceptors (Lipinski definition) is 4. The van der Waals surface area contributed by atoms with E-state index in [1.165, 1.54) is 4.68 Å². The van der Waals surface area contributed by atoms with Crippen molar-refractivity contribution in [2.75, 3.05) is 0 Å². The van der Waals surface area contributed by atoms with Crippen molar-refractivity contribution >= 4 is 0 Å². The largest absolute Gasteiger partial charge is 0.253 e. The molecule has 5 heteroatoms. The molecule has 2 aromatic heterocycles. The van der Waals surface area contributed by atoms with Crippen molar-refractivity contribution in [3.05, 3.63) is 24.4 Å². The molecule has 0 aromatic carbocycles. The number of rotatable bonds is 2. The van der Waals surface area contributed by atoms with Gasteiger partial charge in [0.1, 0.15) is 12.2 Å². The highest BCUT2D eigenvalue weighted by Gasteiger charge is 2.07. The first-order valence-electron chi connectivity index (χ1n) is 4.03. The topological polar surface area (TPSA) is 56.5 Å². The van der Waals surface area contributed by atoms with E-state index in [4.69, 9.17) is 6.42 Å². The second-order valence-corrected chi connectivity index (χ2v) is 2.58. The van der Waals surface area contributed by atoms with Crippen molar-refractivity contribution < 1.29 is 0 Å². The molecular formula is C9H7N5. The first kappa shape index (κ1) is 8.38. The van der Waals surface area contributed by atoms with Crippen molar-refractivity contribution in [3.8, 4) is 23.9 Å². The average Bonchev–Trinajstić information content (AvgIpc) is 2.68. The van der Waals surface area contributed by atoms with Crippen molar-refractivity contribution in [2.24, 2.45) is 0 Å². The van der Waals surface area contributed by atoms with Gasteiger partial charge in [0.2, 0.25) is 5.82 Å². The highest BCUT2D eigenvalue weighted by molar-refractivity contribution is 5.47. The zero-order chi connectivity index (χ0) is 9.80. The molecular weight excluding hydrogens is 178 g/mol. The Labute approximate surface area is 80.8 Å². The molecule has 0 aliphatic rings. The van der Waals surface area contributed by atoms with Gasteiger partial charge >= 0.3 is 0 Å². The Kier molecular flexibility index (Phi) is 2.19. The van der Waals surface area contributed by atoms with Crippen LogP contribution in [0, 0.1) is 12.3 Å². The van der Waals surface area contributed by atoms with E-state index in [2.05, 4.69) is 26.4 Å². The third-order valence-electron chi connectivity index (χ3n) is 1.67. The molecule has 0 fully saturated rings. The highest BCUT2D eigenvalue weighted by Crippen LogP contribution is 2.10. The third-order valence-corrected chi connectivity index (χ3v) is 1.67. The number of terminal acetylenes is 1. The molecule has 2 heterocycles. The number of pyridine rings is 1. The maximum absolute atomic E-state index is 5.18. The molecule has 0 amide bonds. The number of nitrogens with zero attached hydrogens (tertiary/aromatic N) is 5. The molecule has 2 aromatic rings. The maximum atomic E-state index is 5.18. The van der Waals surface area contributed by atoms with Crippen LogP contribution in [0.25, 0.3) is 11.5 Å². The van der Waals surface area contributed by atoms with E-state index in [1.807, 2.05) is 18.2 Å². The molecule has 0 spiro atoms. The molecule has 0 atom stereocenters. The van der Waals surface area contributed by atoms with Crippen LogP contribution in [0.1, 0.15) is 0 Å². The van der Waals surface area contributed by atoms with E-state index < -0.39 is 0 Å². The fraction of sp³-hybridized carbons (Fsp3) is 0.111. The number of hydrogen-bond donors (Lipinski definition) is 0. The summed E-state index contributed by atoms with van der Waals surface area (Å²) in [5.74, 6) is 3.06. The van der Waals surface area contributed by atoms with E-state index in [0.29, 0.717) is 18.1 Å². The third kappa shape index (κ3) is 1.45. The Balaban J connectivity index is 2.43. The Hall–Kier alpha value is -2.22. The molecule has 0 unspecified atom stereocenters. The molecule has 0 radical (unpaired) electrons. The van der Waals surface area contributed by atoms with Gasteiger partial charge in [-0.2, -0.15) is 0 Å². The van der Waals surface area contributed by atoms with Crippen molar-refractivity contribution in [1.82, 2.24) is 25.2 Å². The summed E-state index contributed by atoms with van der Waals surface area (Å²) in [5.41, 5.74) is 0.716. The van der Waals surface area contributed by atoms with Crippen LogP contribution in [0.3, 0.4) is 0 Å². The first-order chi connectivity index (χ1) is 6.92. The quantitative estimate of drug-likeness (QED) is 0.634. The van der Waals surface area contributed by atoms with Gasteiger partial charge in [0, 0.05) is 6.20 Å². The summed E-state index contributed by atoms with van der Waals surface area (Å²) in [7, 11) is 0. The molecule has 14 heavy (non-hydrogen) atoms. The fourth-order valence-electron chi connectivity index (χ4n) is 1.08. The molecule has 0 aliphatic heterocycles. The van der Waals surface area contributed by atoms with Crippen molar-refractivity contribution in [3.63, 3.8) is 0 Å². The van der Waals surface area contributed by atoms with Crippen LogP contribution in [-0.2, 0) is 6.54 Å². The predicted molar refractivity (Wildman–Crippen MR) is 49.9 cm³/mol. The lowest BCUT2D eigenvalue weighted by molar-refractivity contribution is 0.674. The first-order valence-corrected chi connectivity index (χ1v) is 4.03. The number of tetrazole rings is 1. The molecule has 0 N–H and O–H groups in total. The SMILES string of the molecule is C#CCn1nnnc1-c1ccccn1. The van der Waals surface area contributed by atoms with E-state index in [-0.39, 0.29) is 0 Å². The Morgan fingerprint density at radius 2 is 2.36 bits per heavy atom. The second-order valence-electron chi connectivity index (χ2n) is 2.58. The molecule has 5 nitrogen and oxygen atoms in total. The van der Waals surface area contributed by atoms with Gasteiger partial charge in [0.25, 0.3) is 0 Å². The lowest BCUT2D eigenvalue weighted by atomic mass is 10.3. The number of aromatic nitrogens is 5. The van der Waals surface area contributed by atoms with Gasteiger partial charge in [-0.05, 0) is 22.6 Å². The molecule has 68 valence electrons. The standard InChI is InChI=1S/C9H7N5/c1-2-7-14-9(11-12-13-14)8-5-3-4-6-10-8/h1,3-6H,7H2. The molecule has 0 saturated carbocycles. The summed E-state index contributed by atoms with van der Waals surface area (Å²) >= 11 is 0. The fourth-order valence-corrected chi connectivity index (χ4v) is 1.08.